The molecule has 0 aliphatic carbocycles. The molecule has 0 saturated carbocycles. The number of rotatable bonds is 12. The van der Waals surface area contributed by atoms with E-state index in [4.69, 9.17) is 73.1 Å². The maximum Gasteiger partial charge on any atom is 0.164 e. The van der Waals surface area contributed by atoms with Gasteiger partial charge in [-0.15, -0.1) is 11.3 Å². The van der Waals surface area contributed by atoms with Gasteiger partial charge >= 0.3 is 0 Å². The van der Waals surface area contributed by atoms with Crippen LogP contribution in [-0.4, -0.2) is 59.8 Å². The second kappa shape index (κ2) is 37.5. The molecule has 0 spiro atoms. The average Bonchev–Trinajstić information content (AvgIpc) is 1.63. The zero-order valence-electron chi connectivity index (χ0n) is 79.2. The molecule has 8 aromatic heterocycles. The fourth-order valence-corrected chi connectivity index (χ4v) is 21.4. The quantitative estimate of drug-likeness (QED) is 0.105. The van der Waals surface area contributed by atoms with Crippen molar-refractivity contribution >= 4 is 162 Å². The zero-order valence-corrected chi connectivity index (χ0v) is 80.0. The molecule has 148 heavy (non-hydrogen) atoms. The summed E-state index contributed by atoms with van der Waals surface area (Å²) in [5.41, 5.74) is 16.9. The Hall–Kier alpha value is -19.9. The highest BCUT2D eigenvalue weighted by Crippen LogP contribution is 2.47. The fourth-order valence-electron chi connectivity index (χ4n) is 20.3. The van der Waals surface area contributed by atoms with Crippen molar-refractivity contribution in [3.8, 4) is 137 Å². The van der Waals surface area contributed by atoms with Gasteiger partial charge in [-0.25, -0.2) is 59.8 Å². The predicted molar refractivity (Wildman–Crippen MR) is 604 cm³/mol. The van der Waals surface area contributed by atoms with E-state index >= 15 is 0 Å². The van der Waals surface area contributed by atoms with Crippen LogP contribution in [0.5, 0.6) is 0 Å². The van der Waals surface area contributed by atoms with E-state index in [1.165, 1.54) is 41.7 Å². The molecule has 0 fully saturated rings. The molecule has 15 nitrogen and oxygen atoms in total. The lowest BCUT2D eigenvalue weighted by molar-refractivity contribution is 0.669. The molecule has 0 radical (unpaired) electrons. The number of fused-ring (bicyclic) bond motifs is 23. The summed E-state index contributed by atoms with van der Waals surface area (Å²) >= 11 is 1.83. The van der Waals surface area contributed by atoms with Crippen molar-refractivity contribution in [1.82, 2.24) is 59.8 Å². The van der Waals surface area contributed by atoms with Crippen molar-refractivity contribution in [2.24, 2.45) is 0 Å². The maximum atomic E-state index is 6.12. The van der Waals surface area contributed by atoms with Crippen LogP contribution < -0.4 is 0 Å². The Morgan fingerprint density at radius 3 is 0.926 bits per heavy atom. The molecule has 30 aromatic rings. The number of nitrogens with zero attached hydrogens (tertiary/aromatic N) is 12. The zero-order chi connectivity index (χ0) is 97.9. The van der Waals surface area contributed by atoms with Gasteiger partial charge in [0.05, 0.1) is 0 Å². The van der Waals surface area contributed by atoms with Crippen molar-refractivity contribution in [2.45, 2.75) is 0 Å². The van der Waals surface area contributed by atoms with Gasteiger partial charge in [0.25, 0.3) is 0 Å². The minimum atomic E-state index is 0.643. The monoisotopic (exact) mass is 1910 g/mol. The van der Waals surface area contributed by atoms with Crippen LogP contribution in [-0.2, 0) is 0 Å². The van der Waals surface area contributed by atoms with Crippen LogP contribution in [0, 0.1) is 0 Å². The van der Waals surface area contributed by atoms with E-state index in [1.807, 2.05) is 284 Å². The van der Waals surface area contributed by atoms with Crippen molar-refractivity contribution in [3.05, 3.63) is 485 Å². The van der Waals surface area contributed by atoms with Gasteiger partial charge < -0.3 is 13.3 Å². The molecular formula is C132H80N12O3S. The van der Waals surface area contributed by atoms with Gasteiger partial charge in [-0.05, 0) is 132 Å². The third-order valence-corrected chi connectivity index (χ3v) is 28.4. The van der Waals surface area contributed by atoms with Gasteiger partial charge in [0, 0.05) is 125 Å². The number of hydrogen-bond donors (Lipinski definition) is 0. The lowest BCUT2D eigenvalue weighted by Gasteiger charge is -2.13. The van der Waals surface area contributed by atoms with E-state index in [9.17, 15) is 0 Å². The van der Waals surface area contributed by atoms with Gasteiger partial charge in [-0.2, -0.15) is 0 Å². The van der Waals surface area contributed by atoms with E-state index in [1.54, 1.807) is 0 Å². The van der Waals surface area contributed by atoms with Crippen LogP contribution in [0.4, 0.5) is 0 Å². The maximum absolute atomic E-state index is 6.12. The normalized spacial score (nSPS) is 11.5. The van der Waals surface area contributed by atoms with Gasteiger partial charge in [0.2, 0.25) is 0 Å². The number of thiophene rings is 1. The minimum Gasteiger partial charge on any atom is -0.456 e. The van der Waals surface area contributed by atoms with Gasteiger partial charge in [-0.1, -0.05) is 413 Å². The molecule has 0 amide bonds. The number of benzene rings is 22. The summed E-state index contributed by atoms with van der Waals surface area (Å²) in [6.07, 6.45) is 0. The highest BCUT2D eigenvalue weighted by molar-refractivity contribution is 7.26. The predicted octanol–water partition coefficient (Wildman–Crippen LogP) is 34.5. The molecule has 0 N–H and O–H groups in total. The molecule has 0 bridgehead atoms. The Labute approximate surface area is 851 Å². The lowest BCUT2D eigenvalue weighted by Crippen LogP contribution is -2.01. The fraction of sp³-hybridized carbons (Fsp3) is 0. The Balaban J connectivity index is 0.0000000978. The Morgan fingerprint density at radius 2 is 0.432 bits per heavy atom. The lowest BCUT2D eigenvalue weighted by atomic mass is 9.96. The van der Waals surface area contributed by atoms with Crippen molar-refractivity contribution < 1.29 is 13.3 Å². The largest absolute Gasteiger partial charge is 0.456 e. The first kappa shape index (κ1) is 87.1. The molecule has 0 atom stereocenters. The van der Waals surface area contributed by atoms with Crippen LogP contribution in [0.1, 0.15) is 0 Å². The van der Waals surface area contributed by atoms with Crippen molar-refractivity contribution in [1.29, 1.82) is 0 Å². The van der Waals surface area contributed by atoms with E-state index in [-0.39, 0.29) is 0 Å². The topological polar surface area (TPSA) is 194 Å². The first-order valence-electron chi connectivity index (χ1n) is 49.0. The molecule has 8 heterocycles. The summed E-state index contributed by atoms with van der Waals surface area (Å²) < 4.78 is 20.9. The van der Waals surface area contributed by atoms with Crippen molar-refractivity contribution in [2.75, 3.05) is 0 Å². The van der Waals surface area contributed by atoms with E-state index in [2.05, 4.69) is 212 Å². The first-order chi connectivity index (χ1) is 73.3. The second-order valence-corrected chi connectivity index (χ2v) is 37.4. The first-order valence-corrected chi connectivity index (χ1v) is 49.8. The summed E-state index contributed by atoms with van der Waals surface area (Å²) in [7, 11) is 0. The van der Waals surface area contributed by atoms with E-state index < -0.39 is 0 Å². The number of para-hydroxylation sites is 3. The van der Waals surface area contributed by atoms with Crippen LogP contribution in [0.2, 0.25) is 0 Å². The molecule has 0 aliphatic rings. The minimum absolute atomic E-state index is 0.643. The summed E-state index contributed by atoms with van der Waals surface area (Å²) in [6.45, 7) is 0. The summed E-state index contributed by atoms with van der Waals surface area (Å²) in [5.74, 6) is 7.88. The van der Waals surface area contributed by atoms with Crippen LogP contribution in [0.25, 0.3) is 287 Å². The third-order valence-electron chi connectivity index (χ3n) is 27.3. The molecule has 30 rings (SSSR count). The molecular weight excluding hydrogens is 1830 g/mol. The highest BCUT2D eigenvalue weighted by Gasteiger charge is 2.25. The molecule has 0 saturated heterocycles. The highest BCUT2D eigenvalue weighted by atomic mass is 32.1. The Bertz CT molecular complexity index is 10100. The number of hydrogen-bond acceptors (Lipinski definition) is 16. The Morgan fingerprint density at radius 1 is 0.128 bits per heavy atom. The summed E-state index contributed by atoms with van der Waals surface area (Å²) in [5, 5.41) is 23.0. The number of aromatic nitrogens is 12. The van der Waals surface area contributed by atoms with Crippen molar-refractivity contribution in [3.63, 3.8) is 0 Å². The molecule has 0 aliphatic heterocycles. The molecule has 692 valence electrons. The van der Waals surface area contributed by atoms with E-state index in [0.29, 0.717) is 69.9 Å². The van der Waals surface area contributed by atoms with E-state index in [0.717, 1.165) is 176 Å². The second-order valence-electron chi connectivity index (χ2n) is 36.3. The smallest absolute Gasteiger partial charge is 0.164 e. The van der Waals surface area contributed by atoms with Crippen LogP contribution in [0.3, 0.4) is 0 Å². The van der Waals surface area contributed by atoms with Gasteiger partial charge in [-0.3, -0.25) is 0 Å². The number of furan rings is 3. The SMILES string of the molecule is c1ccc(-c2nc(-c3cc4ccccc4c4ccccc34)nc(-c3cccc4ccc5sc6ccccc6c5c34)n2)cc1.c1ccc(-c2nc(-c3ccccc3)nc(-c3ccc4c(ccc5oc6ccccc6c54)c3)n2)cc1.c1ccc(-c2nc(-c3ccccc3)nc(-c3ccc4ccc5oc6ccccc6c5c4c3)n2)cc1.c1ccc(-c2nc(-c3ccccc3)nc(-c3cccc4c3ccc3oc5ccccc5c34)n2)cc1. The summed E-state index contributed by atoms with van der Waals surface area (Å²) in [4.78, 5) is 59.3. The van der Waals surface area contributed by atoms with Crippen LogP contribution >= 0.6 is 11.3 Å². The standard InChI is InChI=1S/C39H23N3S.3C31H19N3O/c1-2-11-25(12-3-1)37-40-38(31-19-10-14-24-21-22-34-36(35(24)31)30-18-8-9-20-33(30)43-34)42-39(41-37)32-23-26-13-4-5-15-27(26)28-16-6-7-17-29(28)32;1-3-10-20(11-4-1)29-32-30(21-12-5-2-6-13-21)34-31(33-29)24-16-9-15-23-22(24)18-19-27-28(23)25-14-7-8-17-26(25)35-27;1-3-9-20(10-4-1)29-32-30(21-11-5-2-6-12-21)34-31(33-29)23-15-17-24-22(19-23)16-18-27-28(24)25-13-7-8-14-26(25)35-27;1-3-9-21(10-4-1)29-32-30(22-11-5-2-6-12-22)34-31(33-29)23-16-15-20-17-18-27-28(25(20)19-23)24-13-7-8-14-26(24)35-27/h1-23H;3*1-19H. The Kier molecular flexibility index (Phi) is 22.1. The average molecular weight is 1910 g/mol. The van der Waals surface area contributed by atoms with Gasteiger partial charge in [0.1, 0.15) is 33.5 Å². The molecule has 22 aromatic carbocycles. The summed E-state index contributed by atoms with van der Waals surface area (Å²) in [6, 6.07) is 165. The van der Waals surface area contributed by atoms with Crippen LogP contribution in [0.15, 0.2) is 499 Å². The third kappa shape index (κ3) is 16.3. The molecule has 0 unspecified atom stereocenters. The molecule has 16 heteroatoms. The van der Waals surface area contributed by atoms with Gasteiger partial charge in [0.15, 0.2) is 69.9 Å².